The summed E-state index contributed by atoms with van der Waals surface area (Å²) >= 11 is 2.96. The van der Waals surface area contributed by atoms with Gasteiger partial charge in [0.2, 0.25) is 0 Å². The van der Waals surface area contributed by atoms with Gasteiger partial charge < -0.3 is 0 Å². The summed E-state index contributed by atoms with van der Waals surface area (Å²) in [4.78, 5) is 15.6. The summed E-state index contributed by atoms with van der Waals surface area (Å²) in [6, 6.07) is 5.55. The number of carbonyl (C=O) groups excluding carboxylic acids is 1. The fraction of sp³-hybridized carbons (Fsp3) is 0.0769. The number of aromatic nitrogens is 1. The number of Topliss-reactive ketones (excluding diaryl/α,β-unsaturated/α-hetero) is 1. The van der Waals surface area contributed by atoms with Gasteiger partial charge in [-0.25, -0.2) is 8.78 Å². The lowest BCUT2D eigenvalue weighted by Gasteiger charge is -2.05. The Kier molecular flexibility index (Phi) is 3.81. The minimum Gasteiger partial charge on any atom is -0.294 e. The predicted octanol–water partition coefficient (Wildman–Crippen LogP) is 3.55. The molecule has 0 saturated carbocycles. The third kappa shape index (κ3) is 2.61. The van der Waals surface area contributed by atoms with Gasteiger partial charge >= 0.3 is 0 Å². The molecule has 0 aliphatic rings. The Hall–Kier alpha value is -1.62. The molecule has 2 aromatic rings. The largest absolute Gasteiger partial charge is 0.294 e. The number of halogens is 3. The summed E-state index contributed by atoms with van der Waals surface area (Å²) in [5, 5.41) is 0. The van der Waals surface area contributed by atoms with Crippen molar-refractivity contribution >= 4 is 21.7 Å². The van der Waals surface area contributed by atoms with E-state index in [4.69, 9.17) is 0 Å². The predicted molar refractivity (Wildman–Crippen MR) is 66.3 cm³/mol. The summed E-state index contributed by atoms with van der Waals surface area (Å²) in [6.07, 6.45) is 2.57. The molecule has 0 N–H and O–H groups in total. The first-order valence-electron chi connectivity index (χ1n) is 5.15. The van der Waals surface area contributed by atoms with Crippen LogP contribution >= 0.6 is 15.9 Å². The number of benzene rings is 1. The maximum Gasteiger partial charge on any atom is 0.169 e. The van der Waals surface area contributed by atoms with E-state index in [0.717, 1.165) is 6.07 Å². The van der Waals surface area contributed by atoms with Crippen LogP contribution in [0.3, 0.4) is 0 Å². The van der Waals surface area contributed by atoms with Crippen LogP contribution < -0.4 is 0 Å². The number of hydrogen-bond donors (Lipinski definition) is 0. The normalized spacial score (nSPS) is 10.4. The van der Waals surface area contributed by atoms with E-state index in [1.54, 1.807) is 12.1 Å². The zero-order valence-corrected chi connectivity index (χ0v) is 10.7. The average molecular weight is 312 g/mol. The molecule has 0 spiro atoms. The zero-order valence-electron chi connectivity index (χ0n) is 9.16. The van der Waals surface area contributed by atoms with E-state index in [0.29, 0.717) is 5.56 Å². The first-order valence-corrected chi connectivity index (χ1v) is 5.94. The van der Waals surface area contributed by atoms with E-state index in [9.17, 15) is 13.6 Å². The number of rotatable bonds is 3. The molecular weight excluding hydrogens is 304 g/mol. The first-order chi connectivity index (χ1) is 8.59. The quantitative estimate of drug-likeness (QED) is 0.641. The summed E-state index contributed by atoms with van der Waals surface area (Å²) in [5.74, 6) is -1.85. The second-order valence-corrected chi connectivity index (χ2v) is 4.52. The van der Waals surface area contributed by atoms with E-state index in [2.05, 4.69) is 20.9 Å². The number of nitrogens with zero attached hydrogens (tertiary/aromatic N) is 1. The molecule has 2 rings (SSSR count). The Morgan fingerprint density at radius 2 is 2.06 bits per heavy atom. The van der Waals surface area contributed by atoms with Crippen molar-refractivity contribution in [2.45, 2.75) is 6.42 Å². The standard InChI is InChI=1S/C13H8BrF2NO/c14-10-3-4-11(15)9(13(10)16)6-12(18)8-2-1-5-17-7-8/h1-5,7H,6H2. The number of ketones is 1. The molecule has 1 aromatic carbocycles. The van der Waals surface area contributed by atoms with Crippen LogP contribution in [0.25, 0.3) is 0 Å². The molecule has 0 amide bonds. The smallest absolute Gasteiger partial charge is 0.169 e. The number of pyridine rings is 1. The second-order valence-electron chi connectivity index (χ2n) is 3.66. The lowest BCUT2D eigenvalue weighted by molar-refractivity contribution is 0.0990. The molecule has 92 valence electrons. The highest BCUT2D eigenvalue weighted by molar-refractivity contribution is 9.10. The second kappa shape index (κ2) is 5.35. The molecule has 1 heterocycles. The molecule has 0 aliphatic carbocycles. The number of hydrogen-bond acceptors (Lipinski definition) is 2. The van der Waals surface area contributed by atoms with Gasteiger partial charge in [0.1, 0.15) is 11.6 Å². The molecule has 2 nitrogen and oxygen atoms in total. The van der Waals surface area contributed by atoms with Crippen LogP contribution in [0.2, 0.25) is 0 Å². The van der Waals surface area contributed by atoms with E-state index in [-0.39, 0.29) is 22.2 Å². The van der Waals surface area contributed by atoms with Crippen LogP contribution in [0.15, 0.2) is 41.1 Å². The van der Waals surface area contributed by atoms with Crippen LogP contribution in [0.4, 0.5) is 8.78 Å². The highest BCUT2D eigenvalue weighted by Gasteiger charge is 2.16. The van der Waals surface area contributed by atoms with Crippen molar-refractivity contribution in [3.05, 3.63) is 63.9 Å². The average Bonchev–Trinajstić information content (AvgIpc) is 2.40. The zero-order chi connectivity index (χ0) is 13.1. The van der Waals surface area contributed by atoms with Gasteiger partial charge in [0.05, 0.1) is 4.47 Å². The minimum atomic E-state index is -0.743. The molecule has 0 atom stereocenters. The van der Waals surface area contributed by atoms with E-state index >= 15 is 0 Å². The van der Waals surface area contributed by atoms with Gasteiger partial charge in [-0.15, -0.1) is 0 Å². The fourth-order valence-corrected chi connectivity index (χ4v) is 1.89. The minimum absolute atomic E-state index is 0.137. The highest BCUT2D eigenvalue weighted by atomic mass is 79.9. The van der Waals surface area contributed by atoms with Crippen molar-refractivity contribution in [3.8, 4) is 0 Å². The maximum absolute atomic E-state index is 13.7. The summed E-state index contributed by atoms with van der Waals surface area (Å²) in [6.45, 7) is 0. The fourth-order valence-electron chi connectivity index (χ4n) is 1.52. The maximum atomic E-state index is 13.7. The molecule has 0 aliphatic heterocycles. The van der Waals surface area contributed by atoms with Gasteiger partial charge in [-0.1, -0.05) is 0 Å². The molecule has 5 heteroatoms. The van der Waals surface area contributed by atoms with Crippen molar-refractivity contribution in [1.29, 1.82) is 0 Å². The van der Waals surface area contributed by atoms with Crippen LogP contribution in [0.1, 0.15) is 15.9 Å². The molecule has 18 heavy (non-hydrogen) atoms. The van der Waals surface area contributed by atoms with Gasteiger partial charge in [0.15, 0.2) is 5.78 Å². The monoisotopic (exact) mass is 311 g/mol. The van der Waals surface area contributed by atoms with Gasteiger partial charge in [0.25, 0.3) is 0 Å². The lowest BCUT2D eigenvalue weighted by Crippen LogP contribution is -2.08. The van der Waals surface area contributed by atoms with Gasteiger partial charge in [-0.2, -0.15) is 0 Å². The SMILES string of the molecule is O=C(Cc1c(F)ccc(Br)c1F)c1cccnc1. The molecule has 0 fully saturated rings. The molecule has 0 unspecified atom stereocenters. The van der Waals surface area contributed by atoms with Crippen molar-refractivity contribution in [2.24, 2.45) is 0 Å². The Morgan fingerprint density at radius 1 is 1.28 bits per heavy atom. The summed E-state index contributed by atoms with van der Waals surface area (Å²) in [5.41, 5.74) is 0.0921. The molecule has 0 saturated heterocycles. The van der Waals surface area contributed by atoms with Gasteiger partial charge in [0, 0.05) is 29.9 Å². The Labute approximate surface area is 111 Å². The molecular formula is C13H8BrF2NO. The third-order valence-electron chi connectivity index (χ3n) is 2.46. The van der Waals surface area contributed by atoms with E-state index in [1.807, 2.05) is 0 Å². The lowest BCUT2D eigenvalue weighted by atomic mass is 10.0. The van der Waals surface area contributed by atoms with Gasteiger partial charge in [-0.05, 0) is 40.2 Å². The van der Waals surface area contributed by atoms with Crippen molar-refractivity contribution < 1.29 is 13.6 Å². The van der Waals surface area contributed by atoms with Crippen LogP contribution in [0, 0.1) is 11.6 Å². The van der Waals surface area contributed by atoms with Gasteiger partial charge in [-0.3, -0.25) is 9.78 Å². The molecule has 1 aromatic heterocycles. The summed E-state index contributed by atoms with van der Waals surface area (Å²) in [7, 11) is 0. The van der Waals surface area contributed by atoms with Crippen LogP contribution in [-0.4, -0.2) is 10.8 Å². The Balaban J connectivity index is 2.30. The first kappa shape index (κ1) is 12.8. The highest BCUT2D eigenvalue weighted by Crippen LogP contribution is 2.22. The van der Waals surface area contributed by atoms with E-state index in [1.165, 1.54) is 18.5 Å². The Bertz CT molecular complexity index is 587. The third-order valence-corrected chi connectivity index (χ3v) is 3.07. The molecule has 0 radical (unpaired) electrons. The van der Waals surface area contributed by atoms with Crippen LogP contribution in [0.5, 0.6) is 0 Å². The molecule has 0 bridgehead atoms. The topological polar surface area (TPSA) is 30.0 Å². The van der Waals surface area contributed by atoms with Crippen LogP contribution in [-0.2, 0) is 6.42 Å². The van der Waals surface area contributed by atoms with Crippen molar-refractivity contribution in [2.75, 3.05) is 0 Å². The summed E-state index contributed by atoms with van der Waals surface area (Å²) < 4.78 is 27.3. The van der Waals surface area contributed by atoms with Crippen molar-refractivity contribution in [3.63, 3.8) is 0 Å². The van der Waals surface area contributed by atoms with E-state index < -0.39 is 11.6 Å². The Morgan fingerprint density at radius 3 is 2.72 bits per heavy atom. The number of carbonyl (C=O) groups is 1. The van der Waals surface area contributed by atoms with Crippen molar-refractivity contribution in [1.82, 2.24) is 4.98 Å².